The van der Waals surface area contributed by atoms with Crippen LogP contribution >= 0.6 is 12.2 Å². The number of likely N-dealkylation sites (N-methyl/N-ethyl adjacent to an activating group) is 1. The van der Waals surface area contributed by atoms with Crippen LogP contribution in [0, 0.1) is 0 Å². The lowest BCUT2D eigenvalue weighted by Gasteiger charge is -2.33. The first kappa shape index (κ1) is 9.68. The molecule has 0 aromatic heterocycles. The van der Waals surface area contributed by atoms with E-state index in [1.54, 1.807) is 0 Å². The molecule has 0 spiro atoms. The molecule has 1 heterocycles. The first-order valence-corrected chi connectivity index (χ1v) is 4.72. The van der Waals surface area contributed by atoms with Crippen molar-refractivity contribution in [1.29, 1.82) is 0 Å². The molecule has 68 valence electrons. The Bertz CT molecular complexity index is 171. The van der Waals surface area contributed by atoms with Crippen molar-refractivity contribution in [2.24, 2.45) is 0 Å². The third-order valence-electron chi connectivity index (χ3n) is 2.17. The molecule has 0 N–H and O–H groups in total. The highest BCUT2D eigenvalue weighted by atomic mass is 32.1. The second kappa shape index (κ2) is 4.58. The lowest BCUT2D eigenvalue weighted by atomic mass is 10.3. The Morgan fingerprint density at radius 1 is 1.42 bits per heavy atom. The number of hydrogen-bond acceptors (Lipinski definition) is 2. The van der Waals surface area contributed by atoms with E-state index in [0.29, 0.717) is 0 Å². The third-order valence-corrected chi connectivity index (χ3v) is 2.60. The summed E-state index contributed by atoms with van der Waals surface area (Å²) in [5.41, 5.74) is 0. The lowest BCUT2D eigenvalue weighted by molar-refractivity contribution is 0.216. The summed E-state index contributed by atoms with van der Waals surface area (Å²) in [6, 6.07) is 0. The van der Waals surface area contributed by atoms with E-state index in [1.807, 2.05) is 6.08 Å². The van der Waals surface area contributed by atoms with Crippen LogP contribution in [-0.4, -0.2) is 48.0 Å². The lowest BCUT2D eigenvalue weighted by Crippen LogP contribution is -2.46. The molecular formula is C9H16N2S. The maximum Gasteiger partial charge on any atom is 0.0818 e. The summed E-state index contributed by atoms with van der Waals surface area (Å²) < 4.78 is 0. The number of nitrogens with zero attached hydrogens (tertiary/aromatic N) is 2. The van der Waals surface area contributed by atoms with Crippen molar-refractivity contribution in [3.8, 4) is 0 Å². The zero-order valence-electron chi connectivity index (χ0n) is 7.62. The fraction of sp³-hybridized carbons (Fsp3) is 0.667. The van der Waals surface area contributed by atoms with Gasteiger partial charge in [-0.25, -0.2) is 0 Å². The molecule has 2 nitrogen and oxygen atoms in total. The maximum atomic E-state index is 5.25. The molecule has 0 aromatic rings. The second-order valence-electron chi connectivity index (χ2n) is 3.18. The average Bonchev–Trinajstić information content (AvgIpc) is 2.06. The number of rotatable bonds is 2. The molecule has 0 bridgehead atoms. The van der Waals surface area contributed by atoms with Gasteiger partial charge in [0, 0.05) is 32.6 Å². The van der Waals surface area contributed by atoms with Crippen LogP contribution in [0.5, 0.6) is 0 Å². The molecule has 0 saturated carbocycles. The van der Waals surface area contributed by atoms with Crippen LogP contribution in [0.4, 0.5) is 0 Å². The molecule has 0 radical (unpaired) electrons. The van der Waals surface area contributed by atoms with Crippen LogP contribution in [0.2, 0.25) is 0 Å². The van der Waals surface area contributed by atoms with Crippen molar-refractivity contribution in [3.05, 3.63) is 12.7 Å². The largest absolute Gasteiger partial charge is 0.363 e. The minimum atomic E-state index is 0.846. The van der Waals surface area contributed by atoms with Crippen molar-refractivity contribution in [2.75, 3.05) is 33.2 Å². The Morgan fingerprint density at radius 3 is 2.50 bits per heavy atom. The zero-order valence-corrected chi connectivity index (χ0v) is 8.44. The van der Waals surface area contributed by atoms with Crippen molar-refractivity contribution < 1.29 is 0 Å². The van der Waals surface area contributed by atoms with E-state index in [0.717, 1.165) is 37.6 Å². The van der Waals surface area contributed by atoms with Crippen LogP contribution in [0.1, 0.15) is 6.42 Å². The second-order valence-corrected chi connectivity index (χ2v) is 3.65. The van der Waals surface area contributed by atoms with E-state index in [1.165, 1.54) is 0 Å². The monoisotopic (exact) mass is 184 g/mol. The van der Waals surface area contributed by atoms with Crippen LogP contribution in [0.25, 0.3) is 0 Å². The fourth-order valence-electron chi connectivity index (χ4n) is 1.31. The Kier molecular flexibility index (Phi) is 3.69. The SMILES string of the molecule is C=CCC(=S)N1CCN(C)CC1. The number of hydrogen-bond donors (Lipinski definition) is 0. The Morgan fingerprint density at radius 2 is 2.00 bits per heavy atom. The molecule has 0 aliphatic carbocycles. The first-order chi connectivity index (χ1) is 5.74. The molecule has 3 heteroatoms. The summed E-state index contributed by atoms with van der Waals surface area (Å²) in [6.07, 6.45) is 2.72. The van der Waals surface area contributed by atoms with Gasteiger partial charge in [-0.2, -0.15) is 0 Å². The normalized spacial score (nSPS) is 19.2. The molecule has 12 heavy (non-hydrogen) atoms. The van der Waals surface area contributed by atoms with Crippen molar-refractivity contribution >= 4 is 17.2 Å². The van der Waals surface area contributed by atoms with E-state index >= 15 is 0 Å². The summed E-state index contributed by atoms with van der Waals surface area (Å²) in [6.45, 7) is 8.08. The minimum Gasteiger partial charge on any atom is -0.363 e. The highest BCUT2D eigenvalue weighted by Gasteiger charge is 2.14. The quantitative estimate of drug-likeness (QED) is 0.469. The molecule has 1 aliphatic rings. The Balaban J connectivity index is 2.33. The highest BCUT2D eigenvalue weighted by Crippen LogP contribution is 2.03. The predicted molar refractivity (Wildman–Crippen MR) is 56.5 cm³/mol. The van der Waals surface area contributed by atoms with Gasteiger partial charge >= 0.3 is 0 Å². The van der Waals surface area contributed by atoms with Gasteiger partial charge in [-0.3, -0.25) is 0 Å². The van der Waals surface area contributed by atoms with Gasteiger partial charge in [0.05, 0.1) is 4.99 Å². The summed E-state index contributed by atoms with van der Waals surface area (Å²) in [5, 5.41) is 0. The molecule has 1 saturated heterocycles. The predicted octanol–water partition coefficient (Wildman–Crippen LogP) is 1.14. The summed E-state index contributed by atoms with van der Waals surface area (Å²) >= 11 is 5.25. The Labute approximate surface area is 79.8 Å². The van der Waals surface area contributed by atoms with Gasteiger partial charge in [-0.15, -0.1) is 6.58 Å². The van der Waals surface area contributed by atoms with Gasteiger partial charge in [0.1, 0.15) is 0 Å². The van der Waals surface area contributed by atoms with Gasteiger partial charge in [0.25, 0.3) is 0 Å². The maximum absolute atomic E-state index is 5.25. The van der Waals surface area contributed by atoms with E-state index in [-0.39, 0.29) is 0 Å². The smallest absolute Gasteiger partial charge is 0.0818 e. The van der Waals surface area contributed by atoms with Crippen LogP contribution < -0.4 is 0 Å². The molecule has 1 rings (SSSR count). The fourth-order valence-corrected chi connectivity index (χ4v) is 1.61. The molecule has 0 amide bonds. The molecule has 1 fully saturated rings. The summed E-state index contributed by atoms with van der Waals surface area (Å²) in [7, 11) is 2.15. The van der Waals surface area contributed by atoms with Gasteiger partial charge in [-0.05, 0) is 7.05 Å². The van der Waals surface area contributed by atoms with Gasteiger partial charge < -0.3 is 9.80 Å². The van der Waals surface area contributed by atoms with Crippen molar-refractivity contribution in [1.82, 2.24) is 9.80 Å². The average molecular weight is 184 g/mol. The van der Waals surface area contributed by atoms with E-state index in [4.69, 9.17) is 12.2 Å². The third kappa shape index (κ3) is 2.57. The van der Waals surface area contributed by atoms with E-state index < -0.39 is 0 Å². The molecule has 0 unspecified atom stereocenters. The molecule has 0 aromatic carbocycles. The summed E-state index contributed by atoms with van der Waals surface area (Å²) in [5.74, 6) is 0. The highest BCUT2D eigenvalue weighted by molar-refractivity contribution is 7.80. The number of thiocarbonyl (C=S) groups is 1. The van der Waals surface area contributed by atoms with Gasteiger partial charge in [0.15, 0.2) is 0 Å². The molecule has 0 atom stereocenters. The topological polar surface area (TPSA) is 6.48 Å². The standard InChI is InChI=1S/C9H16N2S/c1-3-4-9(12)11-7-5-10(2)6-8-11/h3H,1,4-8H2,2H3. The van der Waals surface area contributed by atoms with Crippen LogP contribution in [0.3, 0.4) is 0 Å². The number of piperazine rings is 1. The summed E-state index contributed by atoms with van der Waals surface area (Å²) in [4.78, 5) is 5.64. The zero-order chi connectivity index (χ0) is 8.97. The Hall–Kier alpha value is -0.410. The van der Waals surface area contributed by atoms with Gasteiger partial charge in [-0.1, -0.05) is 18.3 Å². The minimum absolute atomic E-state index is 0.846. The molecule has 1 aliphatic heterocycles. The van der Waals surface area contributed by atoms with Crippen LogP contribution in [0.15, 0.2) is 12.7 Å². The first-order valence-electron chi connectivity index (χ1n) is 4.31. The van der Waals surface area contributed by atoms with E-state index in [9.17, 15) is 0 Å². The van der Waals surface area contributed by atoms with E-state index in [2.05, 4.69) is 23.4 Å². The van der Waals surface area contributed by atoms with Crippen molar-refractivity contribution in [2.45, 2.75) is 6.42 Å². The van der Waals surface area contributed by atoms with Crippen molar-refractivity contribution in [3.63, 3.8) is 0 Å². The van der Waals surface area contributed by atoms with Gasteiger partial charge in [0.2, 0.25) is 0 Å². The van der Waals surface area contributed by atoms with Crippen LogP contribution in [-0.2, 0) is 0 Å². The molecular weight excluding hydrogens is 168 g/mol.